The number of piperidine rings is 1. The minimum absolute atomic E-state index is 0.0153. The van der Waals surface area contributed by atoms with Crippen LogP contribution in [0.5, 0.6) is 0 Å². The van der Waals surface area contributed by atoms with E-state index >= 15 is 0 Å². The first-order valence-corrected chi connectivity index (χ1v) is 8.63. The number of nitrogens with one attached hydrogen (secondary N) is 1. The molecule has 0 saturated carbocycles. The zero-order chi connectivity index (χ0) is 18.0. The van der Waals surface area contributed by atoms with Crippen LogP contribution in [0, 0.1) is 17.6 Å². The fourth-order valence-corrected chi connectivity index (χ4v) is 3.49. The number of hydrogen-bond donors (Lipinski definition) is 1. The van der Waals surface area contributed by atoms with Crippen molar-refractivity contribution in [1.82, 2.24) is 15.1 Å². The fraction of sp³-hybridized carbons (Fsp3) is 0.556. The normalized spacial score (nSPS) is 22.4. The molecule has 0 radical (unpaired) electrons. The molecule has 2 aliphatic heterocycles. The summed E-state index contributed by atoms with van der Waals surface area (Å²) in [5.41, 5.74) is 0.744. The molecule has 5 nitrogen and oxygen atoms in total. The predicted octanol–water partition coefficient (Wildman–Crippen LogP) is 1.52. The van der Waals surface area contributed by atoms with Crippen molar-refractivity contribution in [1.29, 1.82) is 0 Å². The lowest BCUT2D eigenvalue weighted by molar-refractivity contribution is -0.128. The van der Waals surface area contributed by atoms with E-state index in [4.69, 9.17) is 0 Å². The van der Waals surface area contributed by atoms with Gasteiger partial charge in [-0.1, -0.05) is 6.07 Å². The van der Waals surface area contributed by atoms with Gasteiger partial charge in [0, 0.05) is 45.7 Å². The highest BCUT2D eigenvalue weighted by Gasteiger charge is 2.33. The predicted molar refractivity (Wildman–Crippen MR) is 88.5 cm³/mol. The number of amides is 2. The van der Waals surface area contributed by atoms with E-state index in [1.807, 2.05) is 0 Å². The smallest absolute Gasteiger partial charge is 0.225 e. The molecule has 3 rings (SSSR count). The molecular weight excluding hydrogens is 328 g/mol. The third-order valence-electron chi connectivity index (χ3n) is 5.04. The lowest BCUT2D eigenvalue weighted by Gasteiger charge is -2.32. The monoisotopic (exact) mass is 351 g/mol. The van der Waals surface area contributed by atoms with Gasteiger partial charge in [-0.05, 0) is 30.5 Å². The second-order valence-electron chi connectivity index (χ2n) is 6.98. The minimum atomic E-state index is -0.832. The standard InChI is InChI=1S/C18H23F2N3O2/c1-22-11-13(9-17(22)24)18(25)21-14-4-6-23(7-5-14)10-12-2-3-15(19)16(20)8-12/h2-3,8,13-14H,4-7,9-11H2,1H3,(H,21,25). The summed E-state index contributed by atoms with van der Waals surface area (Å²) in [7, 11) is 1.71. The van der Waals surface area contributed by atoms with Crippen molar-refractivity contribution in [2.45, 2.75) is 31.8 Å². The summed E-state index contributed by atoms with van der Waals surface area (Å²) in [6.45, 7) is 2.63. The highest BCUT2D eigenvalue weighted by Crippen LogP contribution is 2.19. The lowest BCUT2D eigenvalue weighted by atomic mass is 10.0. The van der Waals surface area contributed by atoms with Crippen LogP contribution in [0.3, 0.4) is 0 Å². The molecule has 0 aliphatic carbocycles. The number of carbonyl (C=O) groups is 2. The van der Waals surface area contributed by atoms with E-state index in [0.29, 0.717) is 13.1 Å². The average Bonchev–Trinajstić information content (AvgIpc) is 2.92. The van der Waals surface area contributed by atoms with E-state index in [1.54, 1.807) is 18.0 Å². The van der Waals surface area contributed by atoms with Gasteiger partial charge in [-0.25, -0.2) is 8.78 Å². The molecule has 2 amide bonds. The van der Waals surface area contributed by atoms with E-state index in [2.05, 4.69) is 10.2 Å². The highest BCUT2D eigenvalue weighted by molar-refractivity contribution is 5.89. The van der Waals surface area contributed by atoms with Gasteiger partial charge in [-0.3, -0.25) is 14.5 Å². The van der Waals surface area contributed by atoms with Gasteiger partial charge in [0.2, 0.25) is 11.8 Å². The van der Waals surface area contributed by atoms with Crippen molar-refractivity contribution in [2.24, 2.45) is 5.92 Å². The van der Waals surface area contributed by atoms with Gasteiger partial charge < -0.3 is 10.2 Å². The molecule has 2 aliphatic rings. The van der Waals surface area contributed by atoms with Crippen molar-refractivity contribution in [2.75, 3.05) is 26.7 Å². The van der Waals surface area contributed by atoms with Crippen LogP contribution >= 0.6 is 0 Å². The Balaban J connectivity index is 1.45. The largest absolute Gasteiger partial charge is 0.353 e. The average molecular weight is 351 g/mol. The van der Waals surface area contributed by atoms with Gasteiger partial charge >= 0.3 is 0 Å². The van der Waals surface area contributed by atoms with Crippen molar-refractivity contribution in [3.8, 4) is 0 Å². The van der Waals surface area contributed by atoms with Crippen LogP contribution in [0.1, 0.15) is 24.8 Å². The van der Waals surface area contributed by atoms with E-state index in [9.17, 15) is 18.4 Å². The van der Waals surface area contributed by atoms with Gasteiger partial charge in [0.15, 0.2) is 11.6 Å². The Kier molecular flexibility index (Phi) is 5.32. The molecule has 1 atom stereocenters. The van der Waals surface area contributed by atoms with Crippen molar-refractivity contribution in [3.63, 3.8) is 0 Å². The third kappa shape index (κ3) is 4.34. The molecule has 7 heteroatoms. The quantitative estimate of drug-likeness (QED) is 0.895. The Labute approximate surface area is 146 Å². The van der Waals surface area contributed by atoms with E-state index < -0.39 is 11.6 Å². The lowest BCUT2D eigenvalue weighted by Crippen LogP contribution is -2.46. The number of carbonyl (C=O) groups excluding carboxylic acids is 2. The van der Waals surface area contributed by atoms with E-state index in [0.717, 1.165) is 37.6 Å². The van der Waals surface area contributed by atoms with Crippen LogP contribution in [-0.2, 0) is 16.1 Å². The third-order valence-corrected chi connectivity index (χ3v) is 5.04. The number of rotatable bonds is 4. The molecule has 1 unspecified atom stereocenters. The molecule has 25 heavy (non-hydrogen) atoms. The SMILES string of the molecule is CN1CC(C(=O)NC2CCN(Cc3ccc(F)c(F)c3)CC2)CC1=O. The zero-order valence-corrected chi connectivity index (χ0v) is 14.3. The number of benzene rings is 1. The second kappa shape index (κ2) is 7.47. The summed E-state index contributed by atoms with van der Waals surface area (Å²) >= 11 is 0. The van der Waals surface area contributed by atoms with Crippen molar-refractivity contribution >= 4 is 11.8 Å². The number of halogens is 2. The molecule has 0 bridgehead atoms. The fourth-order valence-electron chi connectivity index (χ4n) is 3.49. The maximum absolute atomic E-state index is 13.3. The van der Waals surface area contributed by atoms with E-state index in [-0.39, 0.29) is 30.2 Å². The summed E-state index contributed by atoms with van der Waals surface area (Å²) in [6, 6.07) is 4.09. The molecule has 2 fully saturated rings. The van der Waals surface area contributed by atoms with Gasteiger partial charge in [0.05, 0.1) is 5.92 Å². The molecule has 1 N–H and O–H groups in total. The molecule has 2 saturated heterocycles. The topological polar surface area (TPSA) is 52.7 Å². The molecule has 0 aromatic heterocycles. The van der Waals surface area contributed by atoms with Crippen LogP contribution in [0.25, 0.3) is 0 Å². The molecular formula is C18H23F2N3O2. The number of hydrogen-bond acceptors (Lipinski definition) is 3. The Morgan fingerprint density at radius 2 is 1.96 bits per heavy atom. The first kappa shape index (κ1) is 17.8. The number of likely N-dealkylation sites (tertiary alicyclic amines) is 2. The Hall–Kier alpha value is -2.02. The van der Waals surface area contributed by atoms with Crippen LogP contribution in [0.15, 0.2) is 18.2 Å². The molecule has 2 heterocycles. The molecule has 136 valence electrons. The Morgan fingerprint density at radius 3 is 2.56 bits per heavy atom. The van der Waals surface area contributed by atoms with Crippen molar-refractivity contribution < 1.29 is 18.4 Å². The molecule has 1 aromatic rings. The van der Waals surface area contributed by atoms with Crippen LogP contribution in [0.2, 0.25) is 0 Å². The van der Waals surface area contributed by atoms with Crippen LogP contribution < -0.4 is 5.32 Å². The van der Waals surface area contributed by atoms with Crippen molar-refractivity contribution in [3.05, 3.63) is 35.4 Å². The Bertz CT molecular complexity index is 660. The molecule has 0 spiro atoms. The van der Waals surface area contributed by atoms with Gasteiger partial charge in [-0.2, -0.15) is 0 Å². The minimum Gasteiger partial charge on any atom is -0.353 e. The first-order chi connectivity index (χ1) is 11.9. The van der Waals surface area contributed by atoms with Gasteiger partial charge in [0.25, 0.3) is 0 Å². The summed E-state index contributed by atoms with van der Waals surface area (Å²) in [5, 5.41) is 3.05. The maximum atomic E-state index is 13.3. The van der Waals surface area contributed by atoms with Crippen LogP contribution in [0.4, 0.5) is 8.78 Å². The maximum Gasteiger partial charge on any atom is 0.225 e. The summed E-state index contributed by atoms with van der Waals surface area (Å²) in [4.78, 5) is 27.6. The first-order valence-electron chi connectivity index (χ1n) is 8.63. The van der Waals surface area contributed by atoms with Gasteiger partial charge in [-0.15, -0.1) is 0 Å². The van der Waals surface area contributed by atoms with Gasteiger partial charge in [0.1, 0.15) is 0 Å². The van der Waals surface area contributed by atoms with E-state index in [1.165, 1.54) is 6.07 Å². The zero-order valence-electron chi connectivity index (χ0n) is 14.3. The highest BCUT2D eigenvalue weighted by atomic mass is 19.2. The molecule has 1 aromatic carbocycles. The van der Waals surface area contributed by atoms with Crippen LogP contribution in [-0.4, -0.2) is 54.3 Å². The summed E-state index contributed by atoms with van der Waals surface area (Å²) < 4.78 is 26.2. The number of nitrogens with zero attached hydrogens (tertiary/aromatic N) is 2. The summed E-state index contributed by atoms with van der Waals surface area (Å²) in [6.07, 6.45) is 1.91. The Morgan fingerprint density at radius 1 is 1.24 bits per heavy atom. The second-order valence-corrected chi connectivity index (χ2v) is 6.98. The summed E-state index contributed by atoms with van der Waals surface area (Å²) in [5.74, 6) is -1.94.